The van der Waals surface area contributed by atoms with Crippen LogP contribution in [0.15, 0.2) is 23.9 Å². The molecule has 0 unspecified atom stereocenters. The van der Waals surface area contributed by atoms with Crippen LogP contribution in [-0.4, -0.2) is 15.7 Å². The van der Waals surface area contributed by atoms with Crippen LogP contribution >= 0.6 is 0 Å². The van der Waals surface area contributed by atoms with Gasteiger partial charge in [0.1, 0.15) is 5.82 Å². The van der Waals surface area contributed by atoms with E-state index in [1.54, 1.807) is 12.3 Å². The highest BCUT2D eigenvalue weighted by Gasteiger charge is 2.10. The Morgan fingerprint density at radius 2 is 2.11 bits per heavy atom. The third-order valence-corrected chi connectivity index (χ3v) is 3.24. The quantitative estimate of drug-likeness (QED) is 0.833. The Hall–Kier alpha value is -1.58. The van der Waals surface area contributed by atoms with Gasteiger partial charge in [-0.15, -0.1) is 0 Å². The molecule has 4 heteroatoms. The van der Waals surface area contributed by atoms with Gasteiger partial charge in [-0.05, 0) is 39.5 Å². The van der Waals surface area contributed by atoms with E-state index in [1.807, 2.05) is 24.6 Å². The highest BCUT2D eigenvalue weighted by molar-refractivity contribution is 5.99. The van der Waals surface area contributed by atoms with Crippen LogP contribution in [-0.2, 0) is 4.79 Å². The lowest BCUT2D eigenvalue weighted by molar-refractivity contribution is -0.112. The summed E-state index contributed by atoms with van der Waals surface area (Å²) in [5.74, 6) is 0.733. The van der Waals surface area contributed by atoms with E-state index in [0.717, 1.165) is 18.7 Å². The van der Waals surface area contributed by atoms with Gasteiger partial charge in [0, 0.05) is 18.2 Å². The average molecular weight is 247 g/mol. The molecule has 18 heavy (non-hydrogen) atoms. The lowest BCUT2D eigenvalue weighted by atomic mass is 9.95. The van der Waals surface area contributed by atoms with Gasteiger partial charge in [-0.25, -0.2) is 4.68 Å². The topological polar surface area (TPSA) is 46.9 Å². The summed E-state index contributed by atoms with van der Waals surface area (Å²) in [4.78, 5) is 11.9. The Morgan fingerprint density at radius 3 is 2.78 bits per heavy atom. The van der Waals surface area contributed by atoms with E-state index < -0.39 is 0 Å². The first kappa shape index (κ1) is 12.9. The van der Waals surface area contributed by atoms with Crippen molar-refractivity contribution < 1.29 is 4.79 Å². The third kappa shape index (κ3) is 3.22. The molecule has 2 rings (SSSR count). The van der Waals surface area contributed by atoms with E-state index in [1.165, 1.54) is 24.8 Å². The van der Waals surface area contributed by atoms with Crippen LogP contribution in [0.5, 0.6) is 0 Å². The summed E-state index contributed by atoms with van der Waals surface area (Å²) >= 11 is 0. The number of hydrogen-bond acceptors (Lipinski definition) is 2. The van der Waals surface area contributed by atoms with Crippen LogP contribution in [0.3, 0.4) is 0 Å². The minimum Gasteiger partial charge on any atom is -0.307 e. The maximum Gasteiger partial charge on any atom is 0.249 e. The number of nitrogens with zero attached hydrogens (tertiary/aromatic N) is 2. The fourth-order valence-corrected chi connectivity index (χ4v) is 2.32. The van der Waals surface area contributed by atoms with Gasteiger partial charge < -0.3 is 5.32 Å². The van der Waals surface area contributed by atoms with Crippen LogP contribution in [0, 0.1) is 0 Å². The van der Waals surface area contributed by atoms with Crippen LogP contribution in [0.25, 0.3) is 0 Å². The van der Waals surface area contributed by atoms with Crippen molar-refractivity contribution in [1.82, 2.24) is 9.78 Å². The first-order valence-electron chi connectivity index (χ1n) is 6.71. The van der Waals surface area contributed by atoms with Crippen molar-refractivity contribution >= 4 is 11.7 Å². The zero-order valence-corrected chi connectivity index (χ0v) is 11.1. The molecule has 1 aromatic rings. The molecule has 0 bridgehead atoms. The molecule has 98 valence electrons. The monoisotopic (exact) mass is 247 g/mol. The van der Waals surface area contributed by atoms with Crippen molar-refractivity contribution in [3.8, 4) is 0 Å². The number of anilines is 1. The number of allylic oxidation sites excluding steroid dienone is 1. The number of nitrogens with one attached hydrogen (secondary N) is 1. The van der Waals surface area contributed by atoms with E-state index in [4.69, 9.17) is 0 Å². The molecule has 1 amide bonds. The second-order valence-corrected chi connectivity index (χ2v) is 5.11. The molecule has 0 radical (unpaired) electrons. The highest BCUT2D eigenvalue weighted by Crippen LogP contribution is 2.22. The molecule has 0 aliphatic heterocycles. The Bertz CT molecular complexity index is 438. The molecule has 1 fully saturated rings. The van der Waals surface area contributed by atoms with Gasteiger partial charge in [-0.1, -0.05) is 12.0 Å². The third-order valence-electron chi connectivity index (χ3n) is 3.24. The van der Waals surface area contributed by atoms with Crippen molar-refractivity contribution in [3.05, 3.63) is 23.9 Å². The number of aromatic nitrogens is 2. The Labute approximate surface area is 108 Å². The van der Waals surface area contributed by atoms with Gasteiger partial charge in [0.05, 0.1) is 6.20 Å². The molecule has 1 saturated carbocycles. The summed E-state index contributed by atoms with van der Waals surface area (Å²) in [6, 6.07) is 2.08. The minimum atomic E-state index is -0.0331. The number of amides is 1. The first-order valence-corrected chi connectivity index (χ1v) is 6.71. The fraction of sp³-hybridized carbons (Fsp3) is 0.571. The summed E-state index contributed by atoms with van der Waals surface area (Å²) in [5.41, 5.74) is 1.27. The lowest BCUT2D eigenvalue weighted by Crippen LogP contribution is -2.15. The van der Waals surface area contributed by atoms with Crippen molar-refractivity contribution in [2.75, 3.05) is 5.32 Å². The van der Waals surface area contributed by atoms with Crippen LogP contribution in [0.4, 0.5) is 5.82 Å². The molecule has 0 atom stereocenters. The molecule has 0 saturated heterocycles. The summed E-state index contributed by atoms with van der Waals surface area (Å²) in [5, 5.41) is 7.10. The number of rotatable bonds is 3. The van der Waals surface area contributed by atoms with Crippen LogP contribution in [0.2, 0.25) is 0 Å². The summed E-state index contributed by atoms with van der Waals surface area (Å²) in [7, 11) is 0. The zero-order valence-electron chi connectivity index (χ0n) is 11.1. The smallest absolute Gasteiger partial charge is 0.249 e. The Kier molecular flexibility index (Phi) is 4.18. The Morgan fingerprint density at radius 1 is 1.39 bits per heavy atom. The number of carbonyl (C=O) groups is 1. The van der Waals surface area contributed by atoms with Gasteiger partial charge in [0.15, 0.2) is 0 Å². The molecular weight excluding hydrogens is 226 g/mol. The zero-order chi connectivity index (χ0) is 13.0. The van der Waals surface area contributed by atoms with Crippen molar-refractivity contribution in [2.45, 2.75) is 52.0 Å². The number of hydrogen-bond donors (Lipinski definition) is 1. The normalized spacial score (nSPS) is 15.8. The standard InChI is InChI=1S/C14H21N3O/c1-11(2)17-13(8-9-15-17)16-14(18)10-12-6-4-3-5-7-12/h8-11H,3-7H2,1-2H3,(H,16,18). The second-order valence-electron chi connectivity index (χ2n) is 5.11. The molecule has 1 aromatic heterocycles. The average Bonchev–Trinajstić information content (AvgIpc) is 2.78. The SMILES string of the molecule is CC(C)n1nccc1NC(=O)C=C1CCCCC1. The molecule has 4 nitrogen and oxygen atoms in total. The minimum absolute atomic E-state index is 0.0331. The molecular formula is C14H21N3O. The lowest BCUT2D eigenvalue weighted by Gasteiger charge is -2.14. The van der Waals surface area contributed by atoms with Crippen LogP contribution in [0.1, 0.15) is 52.0 Å². The molecule has 1 aliphatic rings. The van der Waals surface area contributed by atoms with E-state index >= 15 is 0 Å². The number of carbonyl (C=O) groups excluding carboxylic acids is 1. The van der Waals surface area contributed by atoms with Crippen molar-refractivity contribution in [2.24, 2.45) is 0 Å². The van der Waals surface area contributed by atoms with Crippen molar-refractivity contribution in [3.63, 3.8) is 0 Å². The van der Waals surface area contributed by atoms with Gasteiger partial charge in [-0.2, -0.15) is 5.10 Å². The highest BCUT2D eigenvalue weighted by atomic mass is 16.1. The molecule has 0 aromatic carbocycles. The van der Waals surface area contributed by atoms with Crippen molar-refractivity contribution in [1.29, 1.82) is 0 Å². The summed E-state index contributed by atoms with van der Waals surface area (Å²) < 4.78 is 1.82. The fourth-order valence-electron chi connectivity index (χ4n) is 2.32. The second kappa shape index (κ2) is 5.85. The predicted molar refractivity (Wildman–Crippen MR) is 72.4 cm³/mol. The predicted octanol–water partition coefficient (Wildman–Crippen LogP) is 3.29. The molecule has 0 spiro atoms. The van der Waals surface area contributed by atoms with E-state index in [-0.39, 0.29) is 11.9 Å². The van der Waals surface area contributed by atoms with Gasteiger partial charge in [0.25, 0.3) is 0 Å². The maximum absolute atomic E-state index is 11.9. The van der Waals surface area contributed by atoms with Crippen LogP contribution < -0.4 is 5.32 Å². The van der Waals surface area contributed by atoms with E-state index in [0.29, 0.717) is 0 Å². The summed E-state index contributed by atoms with van der Waals surface area (Å²) in [6.07, 6.45) is 9.32. The van der Waals surface area contributed by atoms with E-state index in [2.05, 4.69) is 10.4 Å². The van der Waals surface area contributed by atoms with Gasteiger partial charge in [0.2, 0.25) is 5.91 Å². The molecule has 1 aliphatic carbocycles. The molecule has 1 N–H and O–H groups in total. The maximum atomic E-state index is 11.9. The summed E-state index contributed by atoms with van der Waals surface area (Å²) in [6.45, 7) is 4.09. The largest absolute Gasteiger partial charge is 0.307 e. The van der Waals surface area contributed by atoms with Gasteiger partial charge in [-0.3, -0.25) is 4.79 Å². The molecule has 1 heterocycles. The van der Waals surface area contributed by atoms with Gasteiger partial charge >= 0.3 is 0 Å². The Balaban J connectivity index is 2.00. The first-order chi connectivity index (χ1) is 8.66. The van der Waals surface area contributed by atoms with E-state index in [9.17, 15) is 4.79 Å².